The highest BCUT2D eigenvalue weighted by molar-refractivity contribution is 5.90. The van der Waals surface area contributed by atoms with Crippen LogP contribution in [0, 0.1) is 0 Å². The Morgan fingerprint density at radius 1 is 0.962 bits per heavy atom. The molecule has 0 saturated carbocycles. The maximum absolute atomic E-state index is 12.8. The molecule has 1 aliphatic heterocycles. The lowest BCUT2D eigenvalue weighted by atomic mass is 10.0. The molecule has 3 rings (SSSR count). The number of benzene rings is 2. The van der Waals surface area contributed by atoms with Crippen molar-refractivity contribution in [1.82, 2.24) is 4.90 Å². The summed E-state index contributed by atoms with van der Waals surface area (Å²) in [5.74, 6) is 2.08. The summed E-state index contributed by atoms with van der Waals surface area (Å²) in [5, 5.41) is 2.96. The van der Waals surface area contributed by atoms with Crippen LogP contribution < -0.4 is 19.5 Å². The van der Waals surface area contributed by atoms with Crippen molar-refractivity contribution < 1.29 is 19.0 Å². The zero-order valence-electron chi connectivity index (χ0n) is 15.3. The van der Waals surface area contributed by atoms with E-state index < -0.39 is 0 Å². The summed E-state index contributed by atoms with van der Waals surface area (Å²) in [7, 11) is 4.81. The standard InChI is InChI=1S/C20H24N2O4/c1-24-16-8-6-14(7-9-16)19-5-4-10-22(19)20(23)21-15-11-17(25-2)13-18(12-15)26-3/h6-9,11-13,19H,4-5,10H2,1-3H3,(H,21,23)/t19-/m0/s1. The smallest absolute Gasteiger partial charge is 0.322 e. The van der Waals surface area contributed by atoms with Crippen LogP contribution in [-0.4, -0.2) is 38.8 Å². The molecule has 0 spiro atoms. The number of hydrogen-bond donors (Lipinski definition) is 1. The fraction of sp³-hybridized carbons (Fsp3) is 0.350. The van der Waals surface area contributed by atoms with Crippen LogP contribution >= 0.6 is 0 Å². The number of nitrogens with one attached hydrogen (secondary N) is 1. The zero-order valence-corrected chi connectivity index (χ0v) is 15.3. The largest absolute Gasteiger partial charge is 0.497 e. The quantitative estimate of drug-likeness (QED) is 0.877. The third-order valence-electron chi connectivity index (χ3n) is 4.62. The van der Waals surface area contributed by atoms with Gasteiger partial charge in [0.2, 0.25) is 0 Å². The van der Waals surface area contributed by atoms with Gasteiger partial charge in [0.15, 0.2) is 0 Å². The van der Waals surface area contributed by atoms with Crippen LogP contribution in [-0.2, 0) is 0 Å². The molecule has 2 aromatic rings. The van der Waals surface area contributed by atoms with Gasteiger partial charge in [-0.15, -0.1) is 0 Å². The van der Waals surface area contributed by atoms with Crippen LogP contribution in [0.5, 0.6) is 17.2 Å². The summed E-state index contributed by atoms with van der Waals surface area (Å²) in [6.45, 7) is 0.726. The van der Waals surface area contributed by atoms with Gasteiger partial charge in [-0.3, -0.25) is 0 Å². The average molecular weight is 356 g/mol. The van der Waals surface area contributed by atoms with E-state index in [4.69, 9.17) is 14.2 Å². The predicted molar refractivity (Wildman–Crippen MR) is 100 cm³/mol. The molecule has 0 unspecified atom stereocenters. The highest BCUT2D eigenvalue weighted by Gasteiger charge is 2.30. The second-order valence-electron chi connectivity index (χ2n) is 6.16. The fourth-order valence-corrected chi connectivity index (χ4v) is 3.26. The normalized spacial score (nSPS) is 16.3. The average Bonchev–Trinajstić information content (AvgIpc) is 3.17. The topological polar surface area (TPSA) is 60.0 Å². The lowest BCUT2D eigenvalue weighted by Crippen LogP contribution is -2.34. The zero-order chi connectivity index (χ0) is 18.5. The molecule has 1 heterocycles. The minimum absolute atomic E-state index is 0.0633. The molecule has 1 saturated heterocycles. The Morgan fingerprint density at radius 3 is 2.15 bits per heavy atom. The number of hydrogen-bond acceptors (Lipinski definition) is 4. The Morgan fingerprint density at radius 2 is 1.58 bits per heavy atom. The summed E-state index contributed by atoms with van der Waals surface area (Å²) < 4.78 is 15.7. The Kier molecular flexibility index (Phi) is 5.51. The van der Waals surface area contributed by atoms with Gasteiger partial charge in [-0.1, -0.05) is 12.1 Å². The molecule has 0 radical (unpaired) electrons. The van der Waals surface area contributed by atoms with Gasteiger partial charge in [0.05, 0.1) is 27.4 Å². The first kappa shape index (κ1) is 17.9. The van der Waals surface area contributed by atoms with Gasteiger partial charge >= 0.3 is 6.03 Å². The maximum Gasteiger partial charge on any atom is 0.322 e. The summed E-state index contributed by atoms with van der Waals surface area (Å²) in [4.78, 5) is 14.7. The molecule has 1 fully saturated rings. The molecule has 1 atom stereocenters. The van der Waals surface area contributed by atoms with E-state index in [0.717, 1.165) is 30.7 Å². The van der Waals surface area contributed by atoms with E-state index >= 15 is 0 Å². The van der Waals surface area contributed by atoms with Gasteiger partial charge in [-0.05, 0) is 30.5 Å². The molecule has 2 aromatic carbocycles. The molecule has 0 aromatic heterocycles. The molecule has 0 bridgehead atoms. The molecule has 6 heteroatoms. The molecule has 1 N–H and O–H groups in total. The van der Waals surface area contributed by atoms with Crippen molar-refractivity contribution in [3.8, 4) is 17.2 Å². The van der Waals surface area contributed by atoms with Crippen molar-refractivity contribution in [2.75, 3.05) is 33.2 Å². The van der Waals surface area contributed by atoms with Crippen molar-refractivity contribution in [3.63, 3.8) is 0 Å². The first-order chi connectivity index (χ1) is 12.6. The van der Waals surface area contributed by atoms with E-state index in [1.165, 1.54) is 0 Å². The number of ether oxygens (including phenoxy) is 3. The number of anilines is 1. The third kappa shape index (κ3) is 3.85. The molecule has 138 valence electrons. The van der Waals surface area contributed by atoms with E-state index in [-0.39, 0.29) is 12.1 Å². The first-order valence-electron chi connectivity index (χ1n) is 8.59. The molecular formula is C20H24N2O4. The monoisotopic (exact) mass is 356 g/mol. The summed E-state index contributed by atoms with van der Waals surface area (Å²) in [5.41, 5.74) is 1.76. The van der Waals surface area contributed by atoms with Gasteiger partial charge in [-0.25, -0.2) is 4.79 Å². The van der Waals surface area contributed by atoms with Gasteiger partial charge in [0.1, 0.15) is 17.2 Å². The number of likely N-dealkylation sites (tertiary alicyclic amines) is 1. The van der Waals surface area contributed by atoms with Crippen LogP contribution in [0.2, 0.25) is 0 Å². The minimum Gasteiger partial charge on any atom is -0.497 e. The SMILES string of the molecule is COc1ccc([C@@H]2CCCN2C(=O)Nc2cc(OC)cc(OC)c2)cc1. The lowest BCUT2D eigenvalue weighted by Gasteiger charge is -2.25. The van der Waals surface area contributed by atoms with Crippen LogP contribution in [0.3, 0.4) is 0 Å². The van der Waals surface area contributed by atoms with E-state index in [1.54, 1.807) is 39.5 Å². The van der Waals surface area contributed by atoms with Crippen LogP contribution in [0.25, 0.3) is 0 Å². The van der Waals surface area contributed by atoms with Gasteiger partial charge < -0.3 is 24.4 Å². The molecule has 2 amide bonds. The number of methoxy groups -OCH3 is 3. The number of rotatable bonds is 5. The van der Waals surface area contributed by atoms with Gasteiger partial charge in [0, 0.05) is 30.4 Å². The Hall–Kier alpha value is -2.89. The highest BCUT2D eigenvalue weighted by Crippen LogP contribution is 2.34. The number of amides is 2. The van der Waals surface area contributed by atoms with E-state index in [9.17, 15) is 4.79 Å². The maximum atomic E-state index is 12.8. The van der Waals surface area contributed by atoms with Crippen LogP contribution in [0.4, 0.5) is 10.5 Å². The van der Waals surface area contributed by atoms with E-state index in [1.807, 2.05) is 29.2 Å². The van der Waals surface area contributed by atoms with Crippen molar-refractivity contribution in [1.29, 1.82) is 0 Å². The first-order valence-corrected chi connectivity index (χ1v) is 8.59. The predicted octanol–water partition coefficient (Wildman–Crippen LogP) is 4.08. The third-order valence-corrected chi connectivity index (χ3v) is 4.62. The summed E-state index contributed by atoms with van der Waals surface area (Å²) >= 11 is 0. The van der Waals surface area contributed by atoms with Crippen molar-refractivity contribution in [3.05, 3.63) is 48.0 Å². The van der Waals surface area contributed by atoms with E-state index in [0.29, 0.717) is 17.2 Å². The van der Waals surface area contributed by atoms with Crippen LogP contribution in [0.1, 0.15) is 24.4 Å². The van der Waals surface area contributed by atoms with Crippen LogP contribution in [0.15, 0.2) is 42.5 Å². The number of nitrogens with zero attached hydrogens (tertiary/aromatic N) is 1. The van der Waals surface area contributed by atoms with Crippen molar-refractivity contribution in [2.24, 2.45) is 0 Å². The van der Waals surface area contributed by atoms with E-state index in [2.05, 4.69) is 5.32 Å². The number of urea groups is 1. The molecule has 26 heavy (non-hydrogen) atoms. The molecular weight excluding hydrogens is 332 g/mol. The molecule has 6 nitrogen and oxygen atoms in total. The van der Waals surface area contributed by atoms with Crippen molar-refractivity contribution in [2.45, 2.75) is 18.9 Å². The number of carbonyl (C=O) groups excluding carboxylic acids is 1. The minimum atomic E-state index is -0.126. The number of carbonyl (C=O) groups is 1. The Balaban J connectivity index is 1.76. The Bertz CT molecular complexity index is 739. The van der Waals surface area contributed by atoms with Crippen molar-refractivity contribution >= 4 is 11.7 Å². The fourth-order valence-electron chi connectivity index (χ4n) is 3.26. The molecule has 1 aliphatic rings. The second-order valence-corrected chi connectivity index (χ2v) is 6.16. The lowest BCUT2D eigenvalue weighted by molar-refractivity contribution is 0.207. The highest BCUT2D eigenvalue weighted by atomic mass is 16.5. The summed E-state index contributed by atoms with van der Waals surface area (Å²) in [6.07, 6.45) is 1.92. The van der Waals surface area contributed by atoms with Gasteiger partial charge in [-0.2, -0.15) is 0 Å². The molecule has 0 aliphatic carbocycles. The van der Waals surface area contributed by atoms with Gasteiger partial charge in [0.25, 0.3) is 0 Å². The second kappa shape index (κ2) is 7.99. The Labute approximate surface area is 153 Å². The summed E-state index contributed by atoms with van der Waals surface area (Å²) in [6, 6.07) is 13.1.